The summed E-state index contributed by atoms with van der Waals surface area (Å²) in [6.45, 7) is 7.56. The SMILES string of the molecule is CCCCc1nc(C)c(C(=O)Nc2cccc(NS(=O)(=O)CCC)c2C)s1. The lowest BCUT2D eigenvalue weighted by Gasteiger charge is -2.14. The number of unbranched alkanes of at least 4 members (excludes halogenated alkanes) is 1. The number of nitrogens with one attached hydrogen (secondary N) is 2. The van der Waals surface area contributed by atoms with Crippen LogP contribution < -0.4 is 10.0 Å². The van der Waals surface area contributed by atoms with Gasteiger partial charge in [0.25, 0.3) is 5.91 Å². The average Bonchev–Trinajstić information content (AvgIpc) is 2.97. The van der Waals surface area contributed by atoms with Crippen LogP contribution in [0, 0.1) is 13.8 Å². The molecule has 1 amide bonds. The quantitative estimate of drug-likeness (QED) is 0.638. The fourth-order valence-corrected chi connectivity index (χ4v) is 4.84. The van der Waals surface area contributed by atoms with E-state index in [0.717, 1.165) is 30.0 Å². The van der Waals surface area contributed by atoms with Crippen molar-refractivity contribution in [3.05, 3.63) is 39.3 Å². The lowest BCUT2D eigenvalue weighted by atomic mass is 10.1. The van der Waals surface area contributed by atoms with E-state index in [1.807, 2.05) is 13.8 Å². The zero-order valence-corrected chi connectivity index (χ0v) is 17.9. The topological polar surface area (TPSA) is 88.2 Å². The Labute approximate surface area is 165 Å². The highest BCUT2D eigenvalue weighted by molar-refractivity contribution is 7.92. The second kappa shape index (κ2) is 9.32. The molecule has 0 aliphatic carbocycles. The predicted octanol–water partition coefficient (Wildman–Crippen LogP) is 4.51. The summed E-state index contributed by atoms with van der Waals surface area (Å²) in [5, 5.41) is 3.86. The molecule has 2 aromatic rings. The first-order valence-electron chi connectivity index (χ1n) is 9.15. The molecule has 0 saturated heterocycles. The molecule has 148 valence electrons. The van der Waals surface area contributed by atoms with E-state index in [1.54, 1.807) is 25.1 Å². The standard InChI is InChI=1S/C19H27N3O3S2/c1-5-7-11-17-20-14(4)18(26-17)19(23)21-15-9-8-10-16(13(15)3)22-27(24,25)12-6-2/h8-10,22H,5-7,11-12H2,1-4H3,(H,21,23). The zero-order chi connectivity index (χ0) is 20.0. The summed E-state index contributed by atoms with van der Waals surface area (Å²) in [5.41, 5.74) is 2.46. The van der Waals surface area contributed by atoms with Crippen LogP contribution in [0.4, 0.5) is 11.4 Å². The van der Waals surface area contributed by atoms with E-state index in [9.17, 15) is 13.2 Å². The Morgan fingerprint density at radius 2 is 1.85 bits per heavy atom. The first-order chi connectivity index (χ1) is 12.8. The van der Waals surface area contributed by atoms with Crippen LogP contribution in [0.5, 0.6) is 0 Å². The van der Waals surface area contributed by atoms with E-state index in [-0.39, 0.29) is 11.7 Å². The van der Waals surface area contributed by atoms with Gasteiger partial charge in [-0.3, -0.25) is 9.52 Å². The molecule has 1 aromatic heterocycles. The van der Waals surface area contributed by atoms with Crippen LogP contribution in [0.15, 0.2) is 18.2 Å². The molecule has 0 aliphatic heterocycles. The van der Waals surface area contributed by atoms with Gasteiger partial charge in [-0.2, -0.15) is 0 Å². The third-order valence-electron chi connectivity index (χ3n) is 4.11. The number of rotatable bonds is 9. The molecular weight excluding hydrogens is 382 g/mol. The van der Waals surface area contributed by atoms with Gasteiger partial charge in [0.05, 0.1) is 22.1 Å². The van der Waals surface area contributed by atoms with Crippen molar-refractivity contribution in [2.75, 3.05) is 15.8 Å². The van der Waals surface area contributed by atoms with E-state index >= 15 is 0 Å². The maximum absolute atomic E-state index is 12.7. The number of hydrogen-bond acceptors (Lipinski definition) is 5. The van der Waals surface area contributed by atoms with E-state index in [0.29, 0.717) is 28.2 Å². The van der Waals surface area contributed by atoms with Crippen LogP contribution in [0.3, 0.4) is 0 Å². The molecule has 2 N–H and O–H groups in total. The van der Waals surface area contributed by atoms with Crippen molar-refractivity contribution in [3.63, 3.8) is 0 Å². The molecule has 8 heteroatoms. The summed E-state index contributed by atoms with van der Waals surface area (Å²) in [5.74, 6) is -0.159. The Balaban J connectivity index is 2.19. The first kappa shape index (κ1) is 21.4. The molecule has 0 bridgehead atoms. The molecule has 0 aliphatic rings. The Morgan fingerprint density at radius 1 is 1.15 bits per heavy atom. The lowest BCUT2D eigenvalue weighted by Crippen LogP contribution is -2.18. The van der Waals surface area contributed by atoms with Crippen LogP contribution in [0.2, 0.25) is 0 Å². The fraction of sp³-hybridized carbons (Fsp3) is 0.474. The molecule has 0 saturated carbocycles. The molecule has 0 spiro atoms. The van der Waals surface area contributed by atoms with Gasteiger partial charge in [-0.05, 0) is 50.8 Å². The van der Waals surface area contributed by atoms with Gasteiger partial charge < -0.3 is 5.32 Å². The molecule has 0 fully saturated rings. The number of anilines is 2. The van der Waals surface area contributed by atoms with Crippen molar-refractivity contribution in [1.82, 2.24) is 4.98 Å². The average molecular weight is 410 g/mol. The maximum atomic E-state index is 12.7. The normalized spacial score (nSPS) is 11.4. The molecule has 0 radical (unpaired) electrons. The Morgan fingerprint density at radius 3 is 2.52 bits per heavy atom. The van der Waals surface area contributed by atoms with E-state index in [4.69, 9.17) is 0 Å². The van der Waals surface area contributed by atoms with E-state index < -0.39 is 10.0 Å². The number of nitrogens with zero attached hydrogens (tertiary/aromatic N) is 1. The minimum atomic E-state index is -3.39. The first-order valence-corrected chi connectivity index (χ1v) is 11.6. The summed E-state index contributed by atoms with van der Waals surface area (Å²) in [4.78, 5) is 17.8. The number of sulfonamides is 1. The highest BCUT2D eigenvalue weighted by atomic mass is 32.2. The summed E-state index contributed by atoms with van der Waals surface area (Å²) < 4.78 is 26.7. The summed E-state index contributed by atoms with van der Waals surface area (Å²) >= 11 is 1.42. The van der Waals surface area contributed by atoms with Gasteiger partial charge in [-0.1, -0.05) is 26.3 Å². The van der Waals surface area contributed by atoms with Gasteiger partial charge in [0.1, 0.15) is 4.88 Å². The van der Waals surface area contributed by atoms with Crippen molar-refractivity contribution >= 4 is 38.6 Å². The van der Waals surface area contributed by atoms with Crippen molar-refractivity contribution in [3.8, 4) is 0 Å². The summed E-state index contributed by atoms with van der Waals surface area (Å²) in [7, 11) is -3.39. The van der Waals surface area contributed by atoms with Crippen LogP contribution in [0.25, 0.3) is 0 Å². The fourth-order valence-electron chi connectivity index (χ4n) is 2.65. The van der Waals surface area contributed by atoms with E-state index in [2.05, 4.69) is 21.9 Å². The van der Waals surface area contributed by atoms with Crippen molar-refractivity contribution in [2.45, 2.75) is 53.4 Å². The second-order valence-corrected chi connectivity index (χ2v) is 9.40. The molecule has 0 unspecified atom stereocenters. The minimum Gasteiger partial charge on any atom is -0.321 e. The van der Waals surface area contributed by atoms with Gasteiger partial charge in [0.2, 0.25) is 10.0 Å². The van der Waals surface area contributed by atoms with Gasteiger partial charge in [-0.25, -0.2) is 13.4 Å². The van der Waals surface area contributed by atoms with Gasteiger partial charge >= 0.3 is 0 Å². The van der Waals surface area contributed by atoms with Crippen LogP contribution in [-0.4, -0.2) is 25.1 Å². The summed E-state index contributed by atoms with van der Waals surface area (Å²) in [6, 6.07) is 5.18. The molecule has 2 rings (SSSR count). The number of aryl methyl sites for hydroxylation is 2. The smallest absolute Gasteiger partial charge is 0.267 e. The van der Waals surface area contributed by atoms with Crippen molar-refractivity contribution in [1.29, 1.82) is 0 Å². The number of hydrogen-bond donors (Lipinski definition) is 2. The van der Waals surface area contributed by atoms with Gasteiger partial charge in [0, 0.05) is 5.69 Å². The number of amides is 1. The third-order valence-corrected chi connectivity index (χ3v) is 6.80. The molecule has 1 heterocycles. The number of carbonyl (C=O) groups is 1. The number of thiazole rings is 1. The second-order valence-electron chi connectivity index (χ2n) is 6.48. The van der Waals surface area contributed by atoms with Crippen LogP contribution >= 0.6 is 11.3 Å². The monoisotopic (exact) mass is 409 g/mol. The Hall–Kier alpha value is -1.93. The predicted molar refractivity (Wildman–Crippen MR) is 112 cm³/mol. The number of benzene rings is 1. The van der Waals surface area contributed by atoms with E-state index in [1.165, 1.54) is 11.3 Å². The van der Waals surface area contributed by atoms with Crippen molar-refractivity contribution in [2.24, 2.45) is 0 Å². The third kappa shape index (κ3) is 5.77. The molecule has 1 aromatic carbocycles. The van der Waals surface area contributed by atoms with Gasteiger partial charge in [-0.15, -0.1) is 11.3 Å². The minimum absolute atomic E-state index is 0.0591. The Kier molecular flexibility index (Phi) is 7.38. The molecule has 27 heavy (non-hydrogen) atoms. The highest BCUT2D eigenvalue weighted by Crippen LogP contribution is 2.26. The molecule has 6 nitrogen and oxygen atoms in total. The number of carbonyl (C=O) groups excluding carboxylic acids is 1. The zero-order valence-electron chi connectivity index (χ0n) is 16.3. The Bertz CT molecular complexity index is 905. The van der Waals surface area contributed by atoms with Crippen LogP contribution in [0.1, 0.15) is 59.0 Å². The van der Waals surface area contributed by atoms with Crippen molar-refractivity contribution < 1.29 is 13.2 Å². The highest BCUT2D eigenvalue weighted by Gasteiger charge is 2.17. The number of aromatic nitrogens is 1. The largest absolute Gasteiger partial charge is 0.321 e. The molecular formula is C19H27N3O3S2. The lowest BCUT2D eigenvalue weighted by molar-refractivity contribution is 0.102. The van der Waals surface area contributed by atoms with Crippen LogP contribution in [-0.2, 0) is 16.4 Å². The molecule has 0 atom stereocenters. The van der Waals surface area contributed by atoms with Gasteiger partial charge in [0.15, 0.2) is 0 Å². The summed E-state index contributed by atoms with van der Waals surface area (Å²) in [6.07, 6.45) is 3.55. The maximum Gasteiger partial charge on any atom is 0.267 e.